The largest absolute Gasteiger partial charge is 0.295 e. The summed E-state index contributed by atoms with van der Waals surface area (Å²) in [6.07, 6.45) is 3.66. The van der Waals surface area contributed by atoms with Crippen molar-refractivity contribution < 1.29 is 0 Å². The first-order valence-electron chi connectivity index (χ1n) is 8.19. The Bertz CT molecular complexity index is 647. The number of hydrogen-bond donors (Lipinski definition) is 0. The van der Waals surface area contributed by atoms with Crippen molar-refractivity contribution in [1.29, 1.82) is 0 Å². The van der Waals surface area contributed by atoms with Gasteiger partial charge < -0.3 is 0 Å². The van der Waals surface area contributed by atoms with E-state index >= 15 is 0 Å². The van der Waals surface area contributed by atoms with Gasteiger partial charge in [0.1, 0.15) is 0 Å². The van der Waals surface area contributed by atoms with E-state index in [0.29, 0.717) is 0 Å². The molecule has 1 aromatic heterocycles. The molecular formula is C19H25ClN4. The molecule has 2 heterocycles. The van der Waals surface area contributed by atoms with Crippen LogP contribution >= 0.6 is 12.4 Å². The van der Waals surface area contributed by atoms with E-state index in [1.165, 1.54) is 11.1 Å². The van der Waals surface area contributed by atoms with Crippen molar-refractivity contribution in [2.24, 2.45) is 5.10 Å². The molecule has 0 aliphatic carbocycles. The second-order valence-electron chi connectivity index (χ2n) is 6.14. The van der Waals surface area contributed by atoms with Crippen LogP contribution in [0.2, 0.25) is 0 Å². The summed E-state index contributed by atoms with van der Waals surface area (Å²) >= 11 is 0. The average molecular weight is 345 g/mol. The number of rotatable bonds is 4. The minimum absolute atomic E-state index is 0. The summed E-state index contributed by atoms with van der Waals surface area (Å²) in [5.41, 5.74) is 4.83. The van der Waals surface area contributed by atoms with Crippen molar-refractivity contribution in [1.82, 2.24) is 14.9 Å². The molecule has 1 aromatic carbocycles. The van der Waals surface area contributed by atoms with Gasteiger partial charge in [0, 0.05) is 50.7 Å². The van der Waals surface area contributed by atoms with Crippen LogP contribution in [-0.4, -0.2) is 46.8 Å². The Balaban J connectivity index is 0.00000208. The van der Waals surface area contributed by atoms with Crippen LogP contribution in [0.5, 0.6) is 0 Å². The molecule has 0 N–H and O–H groups in total. The maximum absolute atomic E-state index is 4.74. The second-order valence-corrected chi connectivity index (χ2v) is 6.14. The Morgan fingerprint density at radius 3 is 2.42 bits per heavy atom. The van der Waals surface area contributed by atoms with Crippen molar-refractivity contribution in [2.45, 2.75) is 20.4 Å². The minimum atomic E-state index is 0. The standard InChI is InChI=1S/C19H24N4.ClH/c1-16-5-7-18(8-6-16)15-22-10-12-23(13-11-22)21-17(2)19-4-3-9-20-14-19;/h3-9,14H,10-13,15H2,1-2H3;1H/b21-17+;. The van der Waals surface area contributed by atoms with Crippen molar-refractivity contribution in [3.05, 3.63) is 65.5 Å². The third-order valence-electron chi connectivity index (χ3n) is 4.25. The summed E-state index contributed by atoms with van der Waals surface area (Å²) in [7, 11) is 0. The molecule has 2 aromatic rings. The molecule has 4 nitrogen and oxygen atoms in total. The molecule has 24 heavy (non-hydrogen) atoms. The summed E-state index contributed by atoms with van der Waals surface area (Å²) < 4.78 is 0. The third-order valence-corrected chi connectivity index (χ3v) is 4.25. The van der Waals surface area contributed by atoms with Crippen LogP contribution in [0.15, 0.2) is 53.9 Å². The first-order valence-corrected chi connectivity index (χ1v) is 8.19. The van der Waals surface area contributed by atoms with Gasteiger partial charge in [0.15, 0.2) is 0 Å². The lowest BCUT2D eigenvalue weighted by Gasteiger charge is -2.33. The highest BCUT2D eigenvalue weighted by Crippen LogP contribution is 2.11. The summed E-state index contributed by atoms with van der Waals surface area (Å²) in [6.45, 7) is 9.27. The second kappa shape index (κ2) is 8.81. The van der Waals surface area contributed by atoms with E-state index in [1.807, 2.05) is 12.3 Å². The van der Waals surface area contributed by atoms with Crippen LogP contribution in [-0.2, 0) is 6.54 Å². The van der Waals surface area contributed by atoms with Crippen molar-refractivity contribution in [3.8, 4) is 0 Å². The Labute approximate surface area is 150 Å². The molecule has 1 saturated heterocycles. The van der Waals surface area contributed by atoms with Crippen molar-refractivity contribution in [3.63, 3.8) is 0 Å². The minimum Gasteiger partial charge on any atom is -0.295 e. The quantitative estimate of drug-likeness (QED) is 0.797. The monoisotopic (exact) mass is 344 g/mol. The van der Waals surface area contributed by atoms with E-state index in [2.05, 4.69) is 59.1 Å². The van der Waals surface area contributed by atoms with Gasteiger partial charge in [0.25, 0.3) is 0 Å². The van der Waals surface area contributed by atoms with E-state index in [4.69, 9.17) is 5.10 Å². The maximum atomic E-state index is 4.74. The van der Waals surface area contributed by atoms with Crippen LogP contribution in [0.3, 0.4) is 0 Å². The molecular weight excluding hydrogens is 320 g/mol. The molecule has 0 amide bonds. The number of halogens is 1. The third kappa shape index (κ3) is 5.05. The predicted molar refractivity (Wildman–Crippen MR) is 102 cm³/mol. The SMILES string of the molecule is C/C(=N\N1CCN(Cc2ccc(C)cc2)CC1)c1cccnc1.Cl. The van der Waals surface area contributed by atoms with Crippen LogP contribution < -0.4 is 0 Å². The first-order chi connectivity index (χ1) is 11.2. The molecule has 0 atom stereocenters. The fourth-order valence-electron chi connectivity index (χ4n) is 2.79. The Hall–Kier alpha value is -1.91. The van der Waals surface area contributed by atoms with Gasteiger partial charge in [-0.3, -0.25) is 14.9 Å². The van der Waals surface area contributed by atoms with E-state index in [9.17, 15) is 0 Å². The van der Waals surface area contributed by atoms with Crippen LogP contribution in [0.1, 0.15) is 23.6 Å². The van der Waals surface area contributed by atoms with Crippen LogP contribution in [0.25, 0.3) is 0 Å². The van der Waals surface area contributed by atoms with Gasteiger partial charge >= 0.3 is 0 Å². The first kappa shape index (κ1) is 18.4. The molecule has 1 aliphatic rings. The summed E-state index contributed by atoms with van der Waals surface area (Å²) in [5.74, 6) is 0. The lowest BCUT2D eigenvalue weighted by Crippen LogP contribution is -2.43. The van der Waals surface area contributed by atoms with Gasteiger partial charge in [-0.25, -0.2) is 0 Å². The smallest absolute Gasteiger partial charge is 0.0662 e. The van der Waals surface area contributed by atoms with E-state index in [-0.39, 0.29) is 12.4 Å². The number of pyridine rings is 1. The molecule has 3 rings (SSSR count). The topological polar surface area (TPSA) is 31.7 Å². The lowest BCUT2D eigenvalue weighted by molar-refractivity contribution is 0.130. The number of hydrazone groups is 1. The number of piperazine rings is 1. The fourth-order valence-corrected chi connectivity index (χ4v) is 2.79. The highest BCUT2D eigenvalue weighted by molar-refractivity contribution is 5.98. The zero-order chi connectivity index (χ0) is 16.1. The molecule has 128 valence electrons. The molecule has 1 aliphatic heterocycles. The maximum Gasteiger partial charge on any atom is 0.0662 e. The van der Waals surface area contributed by atoms with Crippen molar-refractivity contribution >= 4 is 18.1 Å². The number of aryl methyl sites for hydroxylation is 1. The highest BCUT2D eigenvalue weighted by atomic mass is 35.5. The highest BCUT2D eigenvalue weighted by Gasteiger charge is 2.16. The van der Waals surface area contributed by atoms with Gasteiger partial charge in [0.05, 0.1) is 5.71 Å². The van der Waals surface area contributed by atoms with Gasteiger partial charge in [-0.2, -0.15) is 5.10 Å². The Kier molecular flexibility index (Phi) is 6.76. The Morgan fingerprint density at radius 2 is 1.79 bits per heavy atom. The van der Waals surface area contributed by atoms with Gasteiger partial charge in [-0.1, -0.05) is 35.9 Å². The molecule has 0 radical (unpaired) electrons. The predicted octanol–water partition coefficient (Wildman–Crippen LogP) is 3.35. The van der Waals surface area contributed by atoms with E-state index in [0.717, 1.165) is 44.0 Å². The van der Waals surface area contributed by atoms with Crippen LogP contribution in [0.4, 0.5) is 0 Å². The molecule has 0 saturated carbocycles. The molecule has 0 bridgehead atoms. The fraction of sp³-hybridized carbons (Fsp3) is 0.368. The summed E-state index contributed by atoms with van der Waals surface area (Å²) in [5, 5.41) is 6.92. The summed E-state index contributed by atoms with van der Waals surface area (Å²) in [6, 6.07) is 12.8. The van der Waals surface area contributed by atoms with Gasteiger partial charge in [0.2, 0.25) is 0 Å². The number of benzene rings is 1. The summed E-state index contributed by atoms with van der Waals surface area (Å²) in [4.78, 5) is 6.65. The van der Waals surface area contributed by atoms with E-state index in [1.54, 1.807) is 6.20 Å². The molecule has 5 heteroatoms. The number of nitrogens with zero attached hydrogens (tertiary/aromatic N) is 4. The normalized spacial score (nSPS) is 15.9. The van der Waals surface area contributed by atoms with Gasteiger partial charge in [-0.05, 0) is 25.5 Å². The van der Waals surface area contributed by atoms with E-state index < -0.39 is 0 Å². The lowest BCUT2D eigenvalue weighted by atomic mass is 10.1. The zero-order valence-electron chi connectivity index (χ0n) is 14.4. The Morgan fingerprint density at radius 1 is 1.08 bits per heavy atom. The van der Waals surface area contributed by atoms with Crippen molar-refractivity contribution in [2.75, 3.05) is 26.2 Å². The van der Waals surface area contributed by atoms with Crippen LogP contribution in [0, 0.1) is 6.92 Å². The number of hydrogen-bond acceptors (Lipinski definition) is 4. The molecule has 1 fully saturated rings. The zero-order valence-corrected chi connectivity index (χ0v) is 15.2. The van der Waals surface area contributed by atoms with Gasteiger partial charge in [-0.15, -0.1) is 12.4 Å². The molecule has 0 unspecified atom stereocenters. The average Bonchev–Trinajstić information content (AvgIpc) is 2.59. The number of aromatic nitrogens is 1. The molecule has 0 spiro atoms.